The molecule has 0 aliphatic rings. The van der Waals surface area contributed by atoms with Crippen LogP contribution in [0.15, 0.2) is 23.1 Å². The van der Waals surface area contributed by atoms with Crippen molar-refractivity contribution in [2.45, 2.75) is 17.9 Å². The topological polar surface area (TPSA) is 46.2 Å². The van der Waals surface area contributed by atoms with Crippen molar-refractivity contribution in [3.63, 3.8) is 0 Å². The summed E-state index contributed by atoms with van der Waals surface area (Å²) in [4.78, 5) is 0.876. The predicted molar refractivity (Wildman–Crippen MR) is 56.7 cm³/mol. The number of hydrogen-bond donors (Lipinski definition) is 2. The van der Waals surface area contributed by atoms with Gasteiger partial charge in [0, 0.05) is 29.4 Å². The third-order valence-corrected chi connectivity index (χ3v) is 3.03. The molecule has 0 atom stereocenters. The first-order chi connectivity index (χ1) is 6.79. The first-order valence-electron chi connectivity index (χ1n) is 4.50. The minimum absolute atomic E-state index is 0.167. The van der Waals surface area contributed by atoms with Crippen molar-refractivity contribution in [2.75, 3.05) is 12.4 Å². The third kappa shape index (κ3) is 2.97. The number of halogens is 1. The van der Waals surface area contributed by atoms with Gasteiger partial charge < -0.3 is 10.8 Å². The van der Waals surface area contributed by atoms with Gasteiger partial charge in [0.2, 0.25) is 0 Å². The second-order valence-corrected chi connectivity index (χ2v) is 3.98. The van der Waals surface area contributed by atoms with Crippen LogP contribution in [0.1, 0.15) is 12.0 Å². The van der Waals surface area contributed by atoms with Crippen LogP contribution < -0.4 is 5.73 Å². The molecule has 0 saturated carbocycles. The molecule has 0 fully saturated rings. The molecule has 0 heterocycles. The molecule has 0 aliphatic heterocycles. The lowest BCUT2D eigenvalue weighted by Gasteiger charge is -2.07. The highest BCUT2D eigenvalue weighted by Crippen LogP contribution is 2.24. The van der Waals surface area contributed by atoms with Gasteiger partial charge in [0.05, 0.1) is 0 Å². The molecule has 0 aliphatic carbocycles. The summed E-state index contributed by atoms with van der Waals surface area (Å²) in [5.74, 6) is 0.536. The Morgan fingerprint density at radius 2 is 2.21 bits per heavy atom. The number of aliphatic hydroxyl groups excluding tert-OH is 1. The van der Waals surface area contributed by atoms with Crippen LogP contribution in [0.25, 0.3) is 0 Å². The number of thioether (sulfide) groups is 1. The normalized spacial score (nSPS) is 10.5. The molecule has 14 heavy (non-hydrogen) atoms. The van der Waals surface area contributed by atoms with E-state index < -0.39 is 0 Å². The summed E-state index contributed by atoms with van der Waals surface area (Å²) < 4.78 is 13.2. The van der Waals surface area contributed by atoms with Gasteiger partial charge in [-0.05, 0) is 18.6 Å². The Bertz CT molecular complexity index is 293. The van der Waals surface area contributed by atoms with E-state index in [0.717, 1.165) is 10.6 Å². The largest absolute Gasteiger partial charge is 0.396 e. The zero-order valence-corrected chi connectivity index (χ0v) is 8.69. The van der Waals surface area contributed by atoms with Gasteiger partial charge in [-0.3, -0.25) is 0 Å². The Morgan fingerprint density at radius 1 is 1.43 bits per heavy atom. The maximum atomic E-state index is 13.2. The average Bonchev–Trinajstić information content (AvgIpc) is 2.18. The molecule has 3 N–H and O–H groups in total. The molecule has 0 amide bonds. The van der Waals surface area contributed by atoms with E-state index in [9.17, 15) is 4.39 Å². The van der Waals surface area contributed by atoms with Crippen LogP contribution >= 0.6 is 11.8 Å². The fourth-order valence-electron chi connectivity index (χ4n) is 1.12. The lowest BCUT2D eigenvalue weighted by atomic mass is 10.2. The van der Waals surface area contributed by atoms with Crippen LogP contribution in [0.5, 0.6) is 0 Å². The van der Waals surface area contributed by atoms with E-state index in [1.165, 1.54) is 17.8 Å². The second-order valence-electron chi connectivity index (χ2n) is 2.85. The SMILES string of the molecule is NCc1c(F)cccc1SCCCO. The summed E-state index contributed by atoms with van der Waals surface area (Å²) in [7, 11) is 0. The third-order valence-electron chi connectivity index (χ3n) is 1.84. The van der Waals surface area contributed by atoms with Crippen LogP contribution in [-0.2, 0) is 6.54 Å². The maximum Gasteiger partial charge on any atom is 0.128 e. The van der Waals surface area contributed by atoms with E-state index in [2.05, 4.69) is 0 Å². The lowest BCUT2D eigenvalue weighted by Crippen LogP contribution is -2.02. The molecule has 1 rings (SSSR count). The number of rotatable bonds is 5. The molecular formula is C10H14FNOS. The molecule has 0 bridgehead atoms. The van der Waals surface area contributed by atoms with Gasteiger partial charge in [0.15, 0.2) is 0 Å². The Labute approximate surface area is 87.3 Å². The molecule has 0 unspecified atom stereocenters. The van der Waals surface area contributed by atoms with Gasteiger partial charge in [0.1, 0.15) is 5.82 Å². The molecule has 1 aromatic carbocycles. The average molecular weight is 215 g/mol. The summed E-state index contributed by atoms with van der Waals surface area (Å²) in [6.45, 7) is 0.383. The molecule has 0 aromatic heterocycles. The van der Waals surface area contributed by atoms with Gasteiger partial charge in [-0.25, -0.2) is 4.39 Å². The predicted octanol–water partition coefficient (Wildman–Crippen LogP) is 1.76. The van der Waals surface area contributed by atoms with Crippen molar-refractivity contribution in [2.24, 2.45) is 5.73 Å². The Morgan fingerprint density at radius 3 is 2.86 bits per heavy atom. The van der Waals surface area contributed by atoms with Crippen LogP contribution in [-0.4, -0.2) is 17.5 Å². The highest BCUT2D eigenvalue weighted by Gasteiger charge is 2.06. The fourth-order valence-corrected chi connectivity index (χ4v) is 2.14. The van der Waals surface area contributed by atoms with Gasteiger partial charge in [0.25, 0.3) is 0 Å². The van der Waals surface area contributed by atoms with E-state index in [1.54, 1.807) is 6.07 Å². The van der Waals surface area contributed by atoms with E-state index in [0.29, 0.717) is 12.0 Å². The monoisotopic (exact) mass is 215 g/mol. The zero-order chi connectivity index (χ0) is 10.4. The summed E-state index contributed by atoms with van der Waals surface area (Å²) in [6.07, 6.45) is 0.713. The van der Waals surface area contributed by atoms with Crippen molar-refractivity contribution in [1.29, 1.82) is 0 Å². The van der Waals surface area contributed by atoms with E-state index in [1.807, 2.05) is 6.07 Å². The van der Waals surface area contributed by atoms with Crippen molar-refractivity contribution >= 4 is 11.8 Å². The maximum absolute atomic E-state index is 13.2. The Kier molecular flexibility index (Phi) is 4.93. The highest BCUT2D eigenvalue weighted by molar-refractivity contribution is 7.99. The quantitative estimate of drug-likeness (QED) is 0.581. The second kappa shape index (κ2) is 6.01. The number of nitrogens with two attached hydrogens (primary N) is 1. The van der Waals surface area contributed by atoms with Crippen LogP contribution in [0.4, 0.5) is 4.39 Å². The molecule has 2 nitrogen and oxygen atoms in total. The Hall–Kier alpha value is -0.580. The van der Waals surface area contributed by atoms with Gasteiger partial charge in [-0.15, -0.1) is 11.8 Å². The fraction of sp³-hybridized carbons (Fsp3) is 0.400. The standard InChI is InChI=1S/C10H14FNOS/c11-9-3-1-4-10(8(9)7-12)14-6-2-5-13/h1,3-4,13H,2,5-7,12H2. The van der Waals surface area contributed by atoms with Crippen LogP contribution in [0, 0.1) is 5.82 Å². The summed E-state index contributed by atoms with van der Waals surface area (Å²) >= 11 is 1.53. The van der Waals surface area contributed by atoms with E-state index >= 15 is 0 Å². The number of hydrogen-bond acceptors (Lipinski definition) is 3. The number of aliphatic hydroxyl groups is 1. The molecule has 78 valence electrons. The van der Waals surface area contributed by atoms with E-state index in [-0.39, 0.29) is 19.0 Å². The van der Waals surface area contributed by atoms with Crippen LogP contribution in [0.3, 0.4) is 0 Å². The van der Waals surface area contributed by atoms with Crippen molar-refractivity contribution < 1.29 is 9.50 Å². The smallest absolute Gasteiger partial charge is 0.128 e. The molecular weight excluding hydrogens is 201 g/mol. The van der Waals surface area contributed by atoms with E-state index in [4.69, 9.17) is 10.8 Å². The summed E-state index contributed by atoms with van der Waals surface area (Å²) in [5, 5.41) is 8.61. The molecule has 0 radical (unpaired) electrons. The zero-order valence-electron chi connectivity index (χ0n) is 7.87. The highest BCUT2D eigenvalue weighted by atomic mass is 32.2. The Balaban J connectivity index is 2.70. The molecule has 1 aromatic rings. The minimum atomic E-state index is -0.249. The van der Waals surface area contributed by atoms with Crippen molar-refractivity contribution in [3.8, 4) is 0 Å². The number of benzene rings is 1. The van der Waals surface area contributed by atoms with Gasteiger partial charge in [-0.2, -0.15) is 0 Å². The lowest BCUT2D eigenvalue weighted by molar-refractivity contribution is 0.296. The summed E-state index contributed by atoms with van der Waals surface area (Å²) in [6, 6.07) is 4.95. The van der Waals surface area contributed by atoms with Crippen molar-refractivity contribution in [1.82, 2.24) is 0 Å². The first kappa shape index (κ1) is 11.5. The summed E-state index contributed by atoms with van der Waals surface area (Å²) in [5.41, 5.74) is 6.02. The van der Waals surface area contributed by atoms with Crippen molar-refractivity contribution in [3.05, 3.63) is 29.6 Å². The first-order valence-corrected chi connectivity index (χ1v) is 5.49. The van der Waals surface area contributed by atoms with Crippen LogP contribution in [0.2, 0.25) is 0 Å². The molecule has 0 saturated heterocycles. The van der Waals surface area contributed by atoms with Gasteiger partial charge in [-0.1, -0.05) is 6.07 Å². The molecule has 4 heteroatoms. The van der Waals surface area contributed by atoms with Gasteiger partial charge >= 0.3 is 0 Å². The minimum Gasteiger partial charge on any atom is -0.396 e. The molecule has 0 spiro atoms.